The van der Waals surface area contributed by atoms with Crippen LogP contribution in [0.3, 0.4) is 0 Å². The molecule has 0 radical (unpaired) electrons. The molecule has 1 saturated heterocycles. The largest absolute Gasteiger partial charge is 0.381 e. The third kappa shape index (κ3) is 2.96. The fourth-order valence-corrected chi connectivity index (χ4v) is 4.71. The van der Waals surface area contributed by atoms with Gasteiger partial charge in [-0.3, -0.25) is 14.1 Å². The number of hydrogen-bond acceptors (Lipinski definition) is 5. The summed E-state index contributed by atoms with van der Waals surface area (Å²) in [5.74, 6) is 0. The molecule has 4 rings (SSSR count). The third-order valence-corrected chi connectivity index (χ3v) is 6.21. The van der Waals surface area contributed by atoms with E-state index in [-0.39, 0.29) is 17.3 Å². The van der Waals surface area contributed by atoms with E-state index < -0.39 is 0 Å². The fourth-order valence-electron chi connectivity index (χ4n) is 4.71. The second-order valence-electron chi connectivity index (χ2n) is 7.66. The summed E-state index contributed by atoms with van der Waals surface area (Å²) in [5, 5.41) is 0. The number of methoxy groups -OCH3 is 2. The van der Waals surface area contributed by atoms with Crippen molar-refractivity contribution in [2.45, 2.75) is 56.9 Å². The van der Waals surface area contributed by atoms with Crippen LogP contribution in [-0.2, 0) is 16.0 Å². The Labute approximate surface area is 153 Å². The first-order chi connectivity index (χ1) is 12.5. The molecule has 1 saturated carbocycles. The fraction of sp³-hybridized carbons (Fsp3) is 0.600. The maximum Gasteiger partial charge on any atom is 0.258 e. The average Bonchev–Trinajstić information content (AvgIpc) is 3.00. The lowest BCUT2D eigenvalue weighted by atomic mass is 9.79. The van der Waals surface area contributed by atoms with Gasteiger partial charge in [0.1, 0.15) is 5.65 Å². The molecule has 2 aromatic rings. The van der Waals surface area contributed by atoms with Crippen molar-refractivity contribution in [3.63, 3.8) is 0 Å². The number of aromatic nitrogens is 2. The van der Waals surface area contributed by atoms with Gasteiger partial charge in [0.25, 0.3) is 5.56 Å². The van der Waals surface area contributed by atoms with Gasteiger partial charge in [-0.15, -0.1) is 0 Å². The predicted octanol–water partition coefficient (Wildman–Crippen LogP) is 2.16. The Kier molecular flexibility index (Phi) is 4.59. The molecule has 26 heavy (non-hydrogen) atoms. The molecule has 2 aromatic heterocycles. The summed E-state index contributed by atoms with van der Waals surface area (Å²) in [6, 6.07) is 5.87. The number of fused-ring (bicyclic) bond motifs is 2. The molecule has 1 aliphatic heterocycles. The number of nitrogens with zero attached hydrogens (tertiary/aromatic N) is 3. The zero-order chi connectivity index (χ0) is 18.3. The molecule has 0 N–H and O–H groups in total. The van der Waals surface area contributed by atoms with Gasteiger partial charge in [0, 0.05) is 45.6 Å². The molecule has 0 spiro atoms. The Bertz CT molecular complexity index is 865. The molecule has 2 aliphatic rings. The lowest BCUT2D eigenvalue weighted by Gasteiger charge is -2.43. The van der Waals surface area contributed by atoms with Crippen molar-refractivity contribution in [3.05, 3.63) is 46.0 Å². The molecular formula is C20H27N3O3. The normalized spacial score (nSPS) is 29.2. The number of aryl methyl sites for hydroxylation is 1. The molecule has 0 aromatic carbocycles. The van der Waals surface area contributed by atoms with E-state index in [0.717, 1.165) is 43.5 Å². The van der Waals surface area contributed by atoms with Crippen LogP contribution < -0.4 is 5.56 Å². The van der Waals surface area contributed by atoms with E-state index in [0.29, 0.717) is 18.2 Å². The molecule has 140 valence electrons. The molecule has 1 aliphatic carbocycles. The van der Waals surface area contributed by atoms with Gasteiger partial charge in [0.2, 0.25) is 0 Å². The summed E-state index contributed by atoms with van der Waals surface area (Å²) in [5.41, 5.74) is 2.47. The zero-order valence-corrected chi connectivity index (χ0v) is 15.8. The van der Waals surface area contributed by atoms with Crippen LogP contribution in [0.1, 0.15) is 36.9 Å². The summed E-state index contributed by atoms with van der Waals surface area (Å²) in [6.07, 6.45) is 6.18. The van der Waals surface area contributed by atoms with Gasteiger partial charge in [-0.1, -0.05) is 6.07 Å². The first kappa shape index (κ1) is 17.6. The molecule has 6 heteroatoms. The Morgan fingerprint density at radius 2 is 2.15 bits per heavy atom. The van der Waals surface area contributed by atoms with Crippen LogP contribution in [0.2, 0.25) is 0 Å². The number of rotatable bonds is 4. The van der Waals surface area contributed by atoms with Gasteiger partial charge in [-0.2, -0.15) is 0 Å². The monoisotopic (exact) mass is 357 g/mol. The van der Waals surface area contributed by atoms with E-state index in [2.05, 4.69) is 4.90 Å². The van der Waals surface area contributed by atoms with Gasteiger partial charge in [-0.05, 0) is 44.2 Å². The molecule has 3 atom stereocenters. The summed E-state index contributed by atoms with van der Waals surface area (Å²) in [4.78, 5) is 19.6. The van der Waals surface area contributed by atoms with Crippen molar-refractivity contribution in [1.29, 1.82) is 0 Å². The number of likely N-dealkylation sites (tertiary alicyclic amines) is 1. The highest BCUT2D eigenvalue weighted by atomic mass is 16.5. The highest BCUT2D eigenvalue weighted by molar-refractivity contribution is 5.40. The van der Waals surface area contributed by atoms with Gasteiger partial charge in [0.15, 0.2) is 0 Å². The van der Waals surface area contributed by atoms with Crippen molar-refractivity contribution in [2.75, 3.05) is 20.8 Å². The maximum atomic E-state index is 12.5. The van der Waals surface area contributed by atoms with E-state index >= 15 is 0 Å². The minimum absolute atomic E-state index is 0.0238. The van der Waals surface area contributed by atoms with Gasteiger partial charge in [0.05, 0.1) is 17.4 Å². The van der Waals surface area contributed by atoms with Crippen molar-refractivity contribution in [2.24, 2.45) is 0 Å². The Morgan fingerprint density at radius 3 is 2.92 bits per heavy atom. The maximum absolute atomic E-state index is 12.5. The second kappa shape index (κ2) is 6.76. The van der Waals surface area contributed by atoms with E-state index in [1.165, 1.54) is 0 Å². The van der Waals surface area contributed by atoms with Gasteiger partial charge >= 0.3 is 0 Å². The predicted molar refractivity (Wildman–Crippen MR) is 99.4 cm³/mol. The van der Waals surface area contributed by atoms with E-state index in [4.69, 9.17) is 14.5 Å². The van der Waals surface area contributed by atoms with Crippen LogP contribution in [0.5, 0.6) is 0 Å². The van der Waals surface area contributed by atoms with Crippen molar-refractivity contribution in [1.82, 2.24) is 14.3 Å². The van der Waals surface area contributed by atoms with Crippen LogP contribution in [0.25, 0.3) is 5.65 Å². The van der Waals surface area contributed by atoms with E-state index in [1.807, 2.05) is 32.4 Å². The Balaban J connectivity index is 1.61. The van der Waals surface area contributed by atoms with E-state index in [1.54, 1.807) is 17.6 Å². The van der Waals surface area contributed by atoms with Crippen LogP contribution in [0, 0.1) is 6.92 Å². The summed E-state index contributed by atoms with van der Waals surface area (Å²) >= 11 is 0. The second-order valence-corrected chi connectivity index (χ2v) is 7.66. The Hall–Kier alpha value is -1.76. The molecule has 6 nitrogen and oxygen atoms in total. The summed E-state index contributed by atoms with van der Waals surface area (Å²) in [7, 11) is 3.62. The van der Waals surface area contributed by atoms with Crippen LogP contribution >= 0.6 is 0 Å². The summed E-state index contributed by atoms with van der Waals surface area (Å²) < 4.78 is 13.2. The number of pyridine rings is 1. The number of ether oxygens (including phenoxy) is 2. The third-order valence-electron chi connectivity index (χ3n) is 6.21. The highest BCUT2D eigenvalue weighted by Crippen LogP contribution is 2.43. The SMILES string of the molecule is CO[C@@H]1CC[C@@]2(OC)CCN(Cc3cc(=O)n4cc(C)ccc4n3)[C@H]2C1. The van der Waals surface area contributed by atoms with E-state index in [9.17, 15) is 4.79 Å². The van der Waals surface area contributed by atoms with Crippen molar-refractivity contribution in [3.8, 4) is 0 Å². The van der Waals surface area contributed by atoms with Crippen molar-refractivity contribution < 1.29 is 9.47 Å². The number of hydrogen-bond donors (Lipinski definition) is 0. The average molecular weight is 357 g/mol. The quantitative estimate of drug-likeness (QED) is 0.839. The minimum atomic E-state index is -0.0853. The van der Waals surface area contributed by atoms with Crippen molar-refractivity contribution >= 4 is 5.65 Å². The molecular weight excluding hydrogens is 330 g/mol. The zero-order valence-electron chi connectivity index (χ0n) is 15.8. The minimum Gasteiger partial charge on any atom is -0.381 e. The molecule has 0 bridgehead atoms. The van der Waals surface area contributed by atoms with Crippen LogP contribution in [0.4, 0.5) is 0 Å². The smallest absolute Gasteiger partial charge is 0.258 e. The molecule has 0 unspecified atom stereocenters. The molecule has 2 fully saturated rings. The summed E-state index contributed by atoms with van der Waals surface area (Å²) in [6.45, 7) is 3.61. The first-order valence-corrected chi connectivity index (χ1v) is 9.35. The standard InChI is InChI=1S/C20H27N3O3/c1-14-4-5-18-21-15(10-19(24)23(18)12-14)13-22-9-8-20(26-3)7-6-16(25-2)11-17(20)22/h4-5,10,12,16-17H,6-9,11,13H2,1-3H3/t16-,17+,20-/m1/s1. The Morgan fingerprint density at radius 1 is 1.31 bits per heavy atom. The van der Waals surface area contributed by atoms with Gasteiger partial charge < -0.3 is 9.47 Å². The highest BCUT2D eigenvalue weighted by Gasteiger charge is 2.51. The molecule has 3 heterocycles. The van der Waals surface area contributed by atoms with Crippen LogP contribution in [0.15, 0.2) is 29.2 Å². The topological polar surface area (TPSA) is 56.1 Å². The molecule has 0 amide bonds. The lowest BCUT2D eigenvalue weighted by Crippen LogP contribution is -2.51. The first-order valence-electron chi connectivity index (χ1n) is 9.35. The van der Waals surface area contributed by atoms with Crippen LogP contribution in [-0.4, -0.2) is 52.8 Å². The van der Waals surface area contributed by atoms with Gasteiger partial charge in [-0.25, -0.2) is 4.98 Å². The lowest BCUT2D eigenvalue weighted by molar-refractivity contribution is -0.0948.